The van der Waals surface area contributed by atoms with Crippen LogP contribution in [0.1, 0.15) is 12.5 Å². The molecule has 1 aromatic rings. The number of thioether (sulfide) groups is 2. The molecule has 100 valence electrons. The quantitative estimate of drug-likeness (QED) is 0.924. The molecule has 1 heterocycles. The predicted molar refractivity (Wildman–Crippen MR) is 81.3 cm³/mol. The summed E-state index contributed by atoms with van der Waals surface area (Å²) in [5, 5.41) is 1.49. The van der Waals surface area contributed by atoms with Crippen LogP contribution in [0.3, 0.4) is 0 Å². The first-order chi connectivity index (χ1) is 8.58. The normalized spacial score (nSPS) is 26.0. The van der Waals surface area contributed by atoms with Crippen LogP contribution < -0.4 is 5.73 Å². The van der Waals surface area contributed by atoms with Crippen LogP contribution in [0.15, 0.2) is 18.2 Å². The lowest BCUT2D eigenvalue weighted by molar-refractivity contribution is 0.613. The lowest BCUT2D eigenvalue weighted by Crippen LogP contribution is -2.42. The number of benzene rings is 1. The molecule has 0 amide bonds. The van der Waals surface area contributed by atoms with E-state index in [1.807, 2.05) is 23.5 Å². The number of nitrogens with two attached hydrogens (primary N) is 1. The summed E-state index contributed by atoms with van der Waals surface area (Å²) in [6, 6.07) is 4.61. The Labute approximate surface area is 121 Å². The summed E-state index contributed by atoms with van der Waals surface area (Å²) >= 11 is 9.96. The summed E-state index contributed by atoms with van der Waals surface area (Å²) in [5.41, 5.74) is 7.23. The van der Waals surface area contributed by atoms with Crippen molar-refractivity contribution in [2.45, 2.75) is 29.9 Å². The minimum atomic E-state index is -0.298. The number of hydrogen-bond acceptors (Lipinski definition) is 3. The van der Waals surface area contributed by atoms with E-state index in [2.05, 4.69) is 6.92 Å². The van der Waals surface area contributed by atoms with Crippen molar-refractivity contribution < 1.29 is 4.39 Å². The zero-order chi connectivity index (χ0) is 13.1. The highest BCUT2D eigenvalue weighted by Gasteiger charge is 2.28. The number of halogens is 2. The predicted octanol–water partition coefficient (Wildman–Crippen LogP) is 3.59. The van der Waals surface area contributed by atoms with Gasteiger partial charge in [0.1, 0.15) is 5.82 Å². The Hall–Kier alpha value is 0.1000. The van der Waals surface area contributed by atoms with Crippen LogP contribution in [0.2, 0.25) is 5.02 Å². The minimum absolute atomic E-state index is 0.0701. The minimum Gasteiger partial charge on any atom is -0.326 e. The molecule has 0 spiro atoms. The van der Waals surface area contributed by atoms with E-state index in [1.54, 1.807) is 6.07 Å². The van der Waals surface area contributed by atoms with Crippen molar-refractivity contribution in [3.05, 3.63) is 34.6 Å². The van der Waals surface area contributed by atoms with E-state index in [0.717, 1.165) is 11.3 Å². The second-order valence-corrected chi connectivity index (χ2v) is 7.69. The summed E-state index contributed by atoms with van der Waals surface area (Å²) in [6.45, 7) is 2.23. The maximum Gasteiger partial charge on any atom is 0.124 e. The monoisotopic (exact) mass is 305 g/mol. The van der Waals surface area contributed by atoms with Crippen molar-refractivity contribution >= 4 is 35.1 Å². The zero-order valence-electron chi connectivity index (χ0n) is 10.2. The van der Waals surface area contributed by atoms with Gasteiger partial charge in [0, 0.05) is 33.1 Å². The number of rotatable bonds is 3. The second kappa shape index (κ2) is 6.51. The molecule has 0 aliphatic carbocycles. The molecule has 1 aromatic carbocycles. The van der Waals surface area contributed by atoms with Crippen LogP contribution in [0.4, 0.5) is 4.39 Å². The first-order valence-electron chi connectivity index (χ1n) is 6.00. The van der Waals surface area contributed by atoms with Gasteiger partial charge in [0.25, 0.3) is 0 Å². The van der Waals surface area contributed by atoms with E-state index >= 15 is 0 Å². The molecule has 3 unspecified atom stereocenters. The lowest BCUT2D eigenvalue weighted by Gasteiger charge is -2.32. The van der Waals surface area contributed by atoms with Gasteiger partial charge in [-0.25, -0.2) is 4.39 Å². The molecule has 0 aromatic heterocycles. The zero-order valence-corrected chi connectivity index (χ0v) is 12.6. The van der Waals surface area contributed by atoms with E-state index in [1.165, 1.54) is 17.9 Å². The third-order valence-corrected chi connectivity index (χ3v) is 6.75. The summed E-state index contributed by atoms with van der Waals surface area (Å²) < 4.78 is 13.0. The molecule has 1 aliphatic heterocycles. The second-order valence-electron chi connectivity index (χ2n) is 4.52. The van der Waals surface area contributed by atoms with Gasteiger partial charge in [-0.05, 0) is 24.1 Å². The van der Waals surface area contributed by atoms with E-state index in [4.69, 9.17) is 17.3 Å². The van der Waals surface area contributed by atoms with Crippen molar-refractivity contribution in [2.24, 2.45) is 5.73 Å². The Morgan fingerprint density at radius 3 is 2.83 bits per heavy atom. The summed E-state index contributed by atoms with van der Waals surface area (Å²) in [5.74, 6) is 2.06. The highest BCUT2D eigenvalue weighted by molar-refractivity contribution is 8.07. The van der Waals surface area contributed by atoms with Crippen molar-refractivity contribution in [3.8, 4) is 0 Å². The van der Waals surface area contributed by atoms with Crippen LogP contribution in [0.5, 0.6) is 0 Å². The standard InChI is InChI=1S/C13H17ClFNS2/c1-8-13(18-5-4-17-8)12(16)6-9-2-3-10(15)7-11(9)14/h2-3,7-8,12-13H,4-6,16H2,1H3. The molecule has 1 fully saturated rings. The average molecular weight is 306 g/mol. The Bertz CT molecular complexity index is 416. The SMILES string of the molecule is CC1SCCSC1C(N)Cc1ccc(F)cc1Cl. The van der Waals surface area contributed by atoms with Crippen molar-refractivity contribution in [2.75, 3.05) is 11.5 Å². The maximum atomic E-state index is 13.0. The Morgan fingerprint density at radius 2 is 2.17 bits per heavy atom. The summed E-state index contributed by atoms with van der Waals surface area (Å²) in [6.07, 6.45) is 0.710. The molecule has 2 rings (SSSR count). The van der Waals surface area contributed by atoms with Gasteiger partial charge in [-0.15, -0.1) is 0 Å². The Balaban J connectivity index is 2.03. The van der Waals surface area contributed by atoms with Gasteiger partial charge in [-0.1, -0.05) is 24.6 Å². The topological polar surface area (TPSA) is 26.0 Å². The van der Waals surface area contributed by atoms with Gasteiger partial charge in [0.05, 0.1) is 0 Å². The van der Waals surface area contributed by atoms with Crippen molar-refractivity contribution in [3.63, 3.8) is 0 Å². The molecule has 18 heavy (non-hydrogen) atoms. The molecule has 0 saturated carbocycles. The molecule has 1 nitrogen and oxygen atoms in total. The third-order valence-electron chi connectivity index (χ3n) is 3.13. The molecule has 0 radical (unpaired) electrons. The van der Waals surface area contributed by atoms with Gasteiger partial charge < -0.3 is 5.73 Å². The first kappa shape index (κ1) is 14.5. The molecule has 2 N–H and O–H groups in total. The highest BCUT2D eigenvalue weighted by Crippen LogP contribution is 2.33. The smallest absolute Gasteiger partial charge is 0.124 e. The van der Waals surface area contributed by atoms with Gasteiger partial charge in [-0.2, -0.15) is 23.5 Å². The van der Waals surface area contributed by atoms with E-state index in [9.17, 15) is 4.39 Å². The van der Waals surface area contributed by atoms with Crippen LogP contribution >= 0.6 is 35.1 Å². The molecular weight excluding hydrogens is 289 g/mol. The van der Waals surface area contributed by atoms with Crippen molar-refractivity contribution in [1.82, 2.24) is 0 Å². The van der Waals surface area contributed by atoms with E-state index < -0.39 is 0 Å². The van der Waals surface area contributed by atoms with Gasteiger partial charge >= 0.3 is 0 Å². The molecular formula is C13H17ClFNS2. The molecule has 1 aliphatic rings. The molecule has 0 bridgehead atoms. The third kappa shape index (κ3) is 3.56. The molecule has 3 atom stereocenters. The highest BCUT2D eigenvalue weighted by atomic mass is 35.5. The van der Waals surface area contributed by atoms with Crippen LogP contribution in [0, 0.1) is 5.82 Å². The molecule has 1 saturated heterocycles. The van der Waals surface area contributed by atoms with Crippen LogP contribution in [0.25, 0.3) is 0 Å². The van der Waals surface area contributed by atoms with Gasteiger partial charge in [-0.3, -0.25) is 0 Å². The lowest BCUT2D eigenvalue weighted by atomic mass is 10.0. The fourth-order valence-corrected chi connectivity index (χ4v) is 5.31. The van der Waals surface area contributed by atoms with Gasteiger partial charge in [0.2, 0.25) is 0 Å². The molecule has 5 heteroatoms. The maximum absolute atomic E-state index is 13.0. The largest absolute Gasteiger partial charge is 0.326 e. The fraction of sp³-hybridized carbons (Fsp3) is 0.538. The van der Waals surface area contributed by atoms with E-state index in [0.29, 0.717) is 21.9 Å². The average Bonchev–Trinajstić information content (AvgIpc) is 2.33. The summed E-state index contributed by atoms with van der Waals surface area (Å²) in [4.78, 5) is 0. The van der Waals surface area contributed by atoms with Crippen LogP contribution in [-0.4, -0.2) is 28.0 Å². The van der Waals surface area contributed by atoms with Gasteiger partial charge in [0.15, 0.2) is 0 Å². The van der Waals surface area contributed by atoms with Crippen LogP contribution in [-0.2, 0) is 6.42 Å². The summed E-state index contributed by atoms with van der Waals surface area (Å²) in [7, 11) is 0. The Morgan fingerprint density at radius 1 is 1.44 bits per heavy atom. The van der Waals surface area contributed by atoms with Crippen molar-refractivity contribution in [1.29, 1.82) is 0 Å². The first-order valence-corrected chi connectivity index (χ1v) is 8.48. The fourth-order valence-electron chi connectivity index (χ4n) is 2.18. The Kier molecular flexibility index (Phi) is 5.24. The van der Waals surface area contributed by atoms with E-state index in [-0.39, 0.29) is 11.9 Å². The number of hydrogen-bond donors (Lipinski definition) is 1.